The average Bonchev–Trinajstić information content (AvgIpc) is 1.67. The van der Waals surface area contributed by atoms with Gasteiger partial charge in [0.15, 0.2) is 0 Å². The van der Waals surface area contributed by atoms with Crippen LogP contribution < -0.4 is 22.9 Å². The number of hydrogen-bond acceptors (Lipinski definition) is 4. The molecule has 0 spiro atoms. The lowest BCUT2D eigenvalue weighted by Crippen LogP contribution is -2.81. The van der Waals surface area contributed by atoms with Crippen molar-refractivity contribution in [2.75, 3.05) is 0 Å². The lowest BCUT2D eigenvalue weighted by molar-refractivity contribution is -0.390. The highest BCUT2D eigenvalue weighted by Gasteiger charge is 2.86. The molecule has 0 saturated heterocycles. The van der Waals surface area contributed by atoms with Crippen LogP contribution in [0.5, 0.6) is 0 Å². The first-order valence-corrected chi connectivity index (χ1v) is 3.67. The third-order valence-corrected chi connectivity index (χ3v) is 2.00. The van der Waals surface area contributed by atoms with Crippen LogP contribution in [0, 0.1) is 5.41 Å². The monoisotopic (exact) mass is 276 g/mol. The van der Waals surface area contributed by atoms with Gasteiger partial charge in [0.2, 0.25) is 0 Å². The van der Waals surface area contributed by atoms with E-state index in [1.54, 1.807) is 0 Å². The molecule has 0 rings (SSSR count). The molecule has 0 aliphatic carbocycles. The van der Waals surface area contributed by atoms with Gasteiger partial charge in [-0.15, -0.1) is 0 Å². The largest absolute Gasteiger partial charge is 0.327 e. The minimum absolute atomic E-state index is 3.66. The molecule has 0 heterocycles. The highest BCUT2D eigenvalue weighted by Crippen LogP contribution is 2.57. The Morgan fingerprint density at radius 2 is 0.529 bits per heavy atom. The zero-order chi connectivity index (χ0) is 14.5. The van der Waals surface area contributed by atoms with Gasteiger partial charge >= 0.3 is 24.2 Å². The van der Waals surface area contributed by atoms with Gasteiger partial charge in [0.25, 0.3) is 5.41 Å². The summed E-state index contributed by atoms with van der Waals surface area (Å²) in [7, 11) is 0. The maximum Gasteiger partial charge on any atom is 0.327 e. The van der Waals surface area contributed by atoms with Crippen LogP contribution in [0.15, 0.2) is 0 Å². The van der Waals surface area contributed by atoms with Crippen LogP contribution in [0.2, 0.25) is 0 Å². The number of rotatable bonds is 4. The van der Waals surface area contributed by atoms with Crippen molar-refractivity contribution in [1.82, 2.24) is 0 Å². The molecule has 0 bridgehead atoms. The maximum absolute atomic E-state index is 12.6. The van der Waals surface area contributed by atoms with Crippen LogP contribution in [0.4, 0.5) is 35.1 Å². The van der Waals surface area contributed by atoms with Crippen LogP contribution in [0.1, 0.15) is 0 Å². The van der Waals surface area contributed by atoms with Crippen LogP contribution in [0.25, 0.3) is 0 Å². The van der Waals surface area contributed by atoms with Crippen LogP contribution >= 0.6 is 0 Å². The minimum atomic E-state index is -5.97. The molecule has 0 aromatic heterocycles. The molecule has 17 heavy (non-hydrogen) atoms. The smallest absolute Gasteiger partial charge is 0.271 e. The Kier molecular flexibility index (Phi) is 3.48. The second kappa shape index (κ2) is 3.63. The van der Waals surface area contributed by atoms with Gasteiger partial charge in [-0.1, -0.05) is 0 Å². The van der Waals surface area contributed by atoms with Gasteiger partial charge in [0, 0.05) is 0 Å². The molecular weight excluding hydrogens is 268 g/mol. The predicted octanol–water partition coefficient (Wildman–Crippen LogP) is 0.179. The Balaban J connectivity index is 6.37. The van der Waals surface area contributed by atoms with Crippen molar-refractivity contribution in [2.45, 2.75) is 24.2 Å². The van der Waals surface area contributed by atoms with Crippen molar-refractivity contribution in [3.8, 4) is 0 Å². The summed E-state index contributed by atoms with van der Waals surface area (Å²) in [5.74, 6) is 0. The Morgan fingerprint density at radius 3 is 0.529 bits per heavy atom. The van der Waals surface area contributed by atoms with E-state index in [4.69, 9.17) is 0 Å². The number of nitrogens with two attached hydrogens (primary N) is 4. The molecule has 0 aliphatic heterocycles. The summed E-state index contributed by atoms with van der Waals surface area (Å²) in [6.07, 6.45) is 0. The van der Waals surface area contributed by atoms with Crippen LogP contribution in [0.3, 0.4) is 0 Å². The topological polar surface area (TPSA) is 104 Å². The highest BCUT2D eigenvalue weighted by atomic mass is 19.3. The van der Waals surface area contributed by atoms with E-state index in [-0.39, 0.29) is 0 Å². The van der Waals surface area contributed by atoms with Crippen molar-refractivity contribution in [2.24, 2.45) is 28.3 Å². The van der Waals surface area contributed by atoms with Gasteiger partial charge in [-0.2, -0.15) is 35.1 Å². The fourth-order valence-electron chi connectivity index (χ4n) is 1.33. The molecule has 0 saturated carbocycles. The van der Waals surface area contributed by atoms with Gasteiger partial charge in [0.1, 0.15) is 0 Å². The van der Waals surface area contributed by atoms with Gasteiger partial charge in [-0.25, -0.2) is 0 Å². The average molecular weight is 276 g/mol. The molecule has 0 fully saturated rings. The molecule has 0 unspecified atom stereocenters. The summed E-state index contributed by atoms with van der Waals surface area (Å²) in [4.78, 5) is 0. The van der Waals surface area contributed by atoms with E-state index in [0.717, 1.165) is 0 Å². The fraction of sp³-hybridized carbons (Fsp3) is 1.00. The predicted molar refractivity (Wildman–Crippen MR) is 39.0 cm³/mol. The molecule has 0 amide bonds. The van der Waals surface area contributed by atoms with Crippen LogP contribution in [-0.2, 0) is 0 Å². The molecule has 4 nitrogen and oxygen atoms in total. The number of halogens is 8. The SMILES string of the molecule is NC(F)(F)C(C(N)(F)F)(C(N)(F)F)C(N)(F)F. The summed E-state index contributed by atoms with van der Waals surface area (Å²) < 4.78 is 101. The molecule has 104 valence electrons. The molecule has 0 atom stereocenters. The van der Waals surface area contributed by atoms with Crippen molar-refractivity contribution in [1.29, 1.82) is 0 Å². The fourth-order valence-corrected chi connectivity index (χ4v) is 1.33. The van der Waals surface area contributed by atoms with Crippen molar-refractivity contribution >= 4 is 0 Å². The van der Waals surface area contributed by atoms with E-state index < -0.39 is 29.6 Å². The highest BCUT2D eigenvalue weighted by molar-refractivity contribution is 5.10. The van der Waals surface area contributed by atoms with E-state index in [2.05, 4.69) is 22.9 Å². The van der Waals surface area contributed by atoms with Gasteiger partial charge in [-0.05, 0) is 0 Å². The number of alkyl halides is 8. The van der Waals surface area contributed by atoms with Crippen molar-refractivity contribution < 1.29 is 35.1 Å². The standard InChI is InChI=1S/C5H8F8N4/c6-2(7,14)1(3(8,9)15,4(10,11)16)5(12,13)17/h14-17H2. The summed E-state index contributed by atoms with van der Waals surface area (Å²) in [6, 6.07) is -23.4. The number of hydrogen-bond donors (Lipinski definition) is 4. The van der Waals surface area contributed by atoms with Gasteiger partial charge < -0.3 is 0 Å². The van der Waals surface area contributed by atoms with Crippen molar-refractivity contribution in [3.05, 3.63) is 0 Å². The Hall–Kier alpha value is -0.720. The Labute approximate surface area is 88.9 Å². The van der Waals surface area contributed by atoms with Gasteiger partial charge in [-0.3, -0.25) is 22.9 Å². The van der Waals surface area contributed by atoms with Gasteiger partial charge in [0.05, 0.1) is 0 Å². The normalized spacial score (nSPS) is 16.2. The Morgan fingerprint density at radius 1 is 0.412 bits per heavy atom. The second-order valence-corrected chi connectivity index (χ2v) is 3.24. The van der Waals surface area contributed by atoms with E-state index in [0.29, 0.717) is 0 Å². The molecule has 0 radical (unpaired) electrons. The minimum Gasteiger partial charge on any atom is -0.271 e. The first-order valence-electron chi connectivity index (χ1n) is 3.67. The Bertz CT molecular complexity index is 219. The van der Waals surface area contributed by atoms with E-state index in [9.17, 15) is 35.1 Å². The zero-order valence-electron chi connectivity index (χ0n) is 7.83. The maximum atomic E-state index is 12.6. The third kappa shape index (κ3) is 2.17. The third-order valence-electron chi connectivity index (χ3n) is 2.00. The first-order chi connectivity index (χ1) is 7.00. The van der Waals surface area contributed by atoms with Crippen LogP contribution in [-0.4, -0.2) is 24.2 Å². The molecule has 12 heteroatoms. The summed E-state index contributed by atoms with van der Waals surface area (Å²) in [6.45, 7) is 0. The summed E-state index contributed by atoms with van der Waals surface area (Å²) in [5, 5.41) is 0. The van der Waals surface area contributed by atoms with E-state index in [1.165, 1.54) is 0 Å². The first kappa shape index (κ1) is 16.3. The molecule has 0 aliphatic rings. The van der Waals surface area contributed by atoms with Crippen molar-refractivity contribution in [3.63, 3.8) is 0 Å². The molecule has 0 aromatic rings. The molecular formula is C5H8F8N4. The summed E-state index contributed by atoms with van der Waals surface area (Å²) >= 11 is 0. The lowest BCUT2D eigenvalue weighted by atomic mass is 9.77. The molecule has 0 aromatic carbocycles. The van der Waals surface area contributed by atoms with E-state index in [1.807, 2.05) is 0 Å². The second-order valence-electron chi connectivity index (χ2n) is 3.24. The quantitative estimate of drug-likeness (QED) is 0.434. The molecule has 8 N–H and O–H groups in total. The van der Waals surface area contributed by atoms with E-state index >= 15 is 0 Å². The lowest BCUT2D eigenvalue weighted by Gasteiger charge is -2.46. The zero-order valence-corrected chi connectivity index (χ0v) is 7.83. The summed E-state index contributed by atoms with van der Waals surface area (Å²) in [5.41, 5.74) is 8.67.